The maximum Gasteiger partial charge on any atom is 0.115 e. The SMILES string of the molecule is O=NNc1cccc2ccccc12.Oc1ccccc1. The Kier molecular flexibility index (Phi) is 4.67. The number of phenols is 1. The Hall–Kier alpha value is -2.88. The zero-order valence-electron chi connectivity index (χ0n) is 10.7. The Morgan fingerprint density at radius 3 is 2.10 bits per heavy atom. The lowest BCUT2D eigenvalue weighted by Crippen LogP contribution is -1.86. The van der Waals surface area contributed by atoms with Crippen LogP contribution in [0.3, 0.4) is 0 Å². The number of nitrogens with zero attached hydrogens (tertiary/aromatic N) is 1. The van der Waals surface area contributed by atoms with Gasteiger partial charge in [0.1, 0.15) is 5.75 Å². The molecule has 2 N–H and O–H groups in total. The van der Waals surface area contributed by atoms with E-state index in [9.17, 15) is 4.91 Å². The lowest BCUT2D eigenvalue weighted by molar-refractivity contribution is 0.475. The van der Waals surface area contributed by atoms with Gasteiger partial charge in [0.05, 0.1) is 11.0 Å². The van der Waals surface area contributed by atoms with Crippen LogP contribution in [0.15, 0.2) is 78.1 Å². The Morgan fingerprint density at radius 1 is 0.800 bits per heavy atom. The standard InChI is InChI=1S/C10H8N2O.C6H6O/c13-12-11-10-7-3-5-8-4-1-2-6-9(8)10;7-6-4-2-1-3-5-6/h1-7H,(H,11,13);1-5,7H. The van der Waals surface area contributed by atoms with E-state index >= 15 is 0 Å². The van der Waals surface area contributed by atoms with Crippen molar-refractivity contribution in [3.63, 3.8) is 0 Å². The third-order valence-electron chi connectivity index (χ3n) is 2.71. The lowest BCUT2D eigenvalue weighted by atomic mass is 10.1. The zero-order valence-corrected chi connectivity index (χ0v) is 10.7. The molecule has 0 radical (unpaired) electrons. The fourth-order valence-corrected chi connectivity index (χ4v) is 1.80. The van der Waals surface area contributed by atoms with Crippen molar-refractivity contribution in [2.24, 2.45) is 5.29 Å². The summed E-state index contributed by atoms with van der Waals surface area (Å²) in [6, 6.07) is 22.2. The van der Waals surface area contributed by atoms with Gasteiger partial charge in [0.15, 0.2) is 0 Å². The summed E-state index contributed by atoms with van der Waals surface area (Å²) in [5.74, 6) is 0.322. The van der Waals surface area contributed by atoms with Gasteiger partial charge in [0.2, 0.25) is 0 Å². The highest BCUT2D eigenvalue weighted by Gasteiger charge is 1.97. The van der Waals surface area contributed by atoms with Crippen LogP contribution in [0.2, 0.25) is 0 Å². The van der Waals surface area contributed by atoms with Crippen molar-refractivity contribution in [1.82, 2.24) is 0 Å². The number of phenolic OH excluding ortho intramolecular Hbond substituents is 1. The number of nitroso groups, excluding NO2 is 1. The van der Waals surface area contributed by atoms with Crippen LogP contribution >= 0.6 is 0 Å². The van der Waals surface area contributed by atoms with Crippen LogP contribution in [0.1, 0.15) is 0 Å². The molecular formula is C16H14N2O2. The molecule has 3 rings (SSSR count). The second-order valence-corrected chi connectivity index (χ2v) is 4.07. The topological polar surface area (TPSA) is 61.7 Å². The molecule has 0 aromatic heterocycles. The maximum atomic E-state index is 10.1. The molecule has 0 fully saturated rings. The number of hydrogen-bond donors (Lipinski definition) is 2. The van der Waals surface area contributed by atoms with Crippen molar-refractivity contribution in [2.45, 2.75) is 0 Å². The average molecular weight is 266 g/mol. The number of aromatic hydroxyl groups is 1. The monoisotopic (exact) mass is 266 g/mol. The first-order valence-electron chi connectivity index (χ1n) is 6.11. The van der Waals surface area contributed by atoms with Crippen molar-refractivity contribution in [3.8, 4) is 5.75 Å². The lowest BCUT2D eigenvalue weighted by Gasteiger charge is -2.02. The van der Waals surface area contributed by atoms with E-state index in [4.69, 9.17) is 5.11 Å². The van der Waals surface area contributed by atoms with E-state index in [1.165, 1.54) is 0 Å². The fraction of sp³-hybridized carbons (Fsp3) is 0. The summed E-state index contributed by atoms with van der Waals surface area (Å²) in [6.45, 7) is 0. The molecule has 0 heterocycles. The first kappa shape index (κ1) is 13.5. The quantitative estimate of drug-likeness (QED) is 0.536. The van der Waals surface area contributed by atoms with E-state index in [0.29, 0.717) is 5.75 Å². The Bertz CT molecular complexity index is 679. The normalized spacial score (nSPS) is 9.40. The summed E-state index contributed by atoms with van der Waals surface area (Å²) in [4.78, 5) is 10.1. The summed E-state index contributed by atoms with van der Waals surface area (Å²) in [5, 5.41) is 13.4. The van der Waals surface area contributed by atoms with Crippen LogP contribution in [-0.4, -0.2) is 5.11 Å². The molecule has 20 heavy (non-hydrogen) atoms. The van der Waals surface area contributed by atoms with Gasteiger partial charge in [-0.3, -0.25) is 0 Å². The van der Waals surface area contributed by atoms with Gasteiger partial charge < -0.3 is 5.11 Å². The van der Waals surface area contributed by atoms with Crippen molar-refractivity contribution < 1.29 is 5.11 Å². The van der Waals surface area contributed by atoms with Crippen LogP contribution in [0, 0.1) is 4.91 Å². The molecule has 3 aromatic rings. The van der Waals surface area contributed by atoms with Crippen LogP contribution in [0.5, 0.6) is 5.75 Å². The Balaban J connectivity index is 0.000000178. The third kappa shape index (κ3) is 3.55. The van der Waals surface area contributed by atoms with Gasteiger partial charge in [-0.1, -0.05) is 54.6 Å². The summed E-state index contributed by atoms with van der Waals surface area (Å²) >= 11 is 0. The van der Waals surface area contributed by atoms with Crippen molar-refractivity contribution in [2.75, 3.05) is 5.43 Å². The minimum atomic E-state index is 0.322. The van der Waals surface area contributed by atoms with Gasteiger partial charge in [-0.15, -0.1) is 4.91 Å². The van der Waals surface area contributed by atoms with Crippen LogP contribution in [-0.2, 0) is 0 Å². The molecule has 0 amide bonds. The van der Waals surface area contributed by atoms with Crippen LogP contribution in [0.4, 0.5) is 5.69 Å². The largest absolute Gasteiger partial charge is 0.508 e. The predicted molar refractivity (Wildman–Crippen MR) is 81.5 cm³/mol. The summed E-state index contributed by atoms with van der Waals surface area (Å²) in [6.07, 6.45) is 0. The number of fused-ring (bicyclic) bond motifs is 1. The number of anilines is 1. The van der Waals surface area contributed by atoms with Gasteiger partial charge in [0, 0.05) is 5.39 Å². The molecule has 0 aliphatic carbocycles. The summed E-state index contributed by atoms with van der Waals surface area (Å²) in [5.41, 5.74) is 3.16. The van der Waals surface area contributed by atoms with E-state index in [0.717, 1.165) is 16.5 Å². The van der Waals surface area contributed by atoms with E-state index in [1.54, 1.807) is 24.3 Å². The molecule has 0 unspecified atom stereocenters. The summed E-state index contributed by atoms with van der Waals surface area (Å²) in [7, 11) is 0. The molecule has 0 spiro atoms. The van der Waals surface area contributed by atoms with Gasteiger partial charge in [-0.05, 0) is 23.6 Å². The molecule has 0 aliphatic rings. The molecule has 3 aromatic carbocycles. The minimum absolute atomic E-state index is 0.322. The minimum Gasteiger partial charge on any atom is -0.508 e. The van der Waals surface area contributed by atoms with Crippen molar-refractivity contribution >= 4 is 16.5 Å². The van der Waals surface area contributed by atoms with Crippen LogP contribution in [0.25, 0.3) is 10.8 Å². The number of hydrogen-bond acceptors (Lipinski definition) is 3. The van der Waals surface area contributed by atoms with Crippen molar-refractivity contribution in [1.29, 1.82) is 0 Å². The third-order valence-corrected chi connectivity index (χ3v) is 2.71. The molecule has 0 saturated heterocycles. The number of rotatable bonds is 2. The molecule has 0 bridgehead atoms. The highest BCUT2D eigenvalue weighted by atomic mass is 16.3. The average Bonchev–Trinajstić information content (AvgIpc) is 2.49. The maximum absolute atomic E-state index is 10.1. The van der Waals surface area contributed by atoms with Gasteiger partial charge >= 0.3 is 0 Å². The molecule has 0 atom stereocenters. The Morgan fingerprint density at radius 2 is 1.45 bits per heavy atom. The number of nitrogens with one attached hydrogen (secondary N) is 1. The number of para-hydroxylation sites is 1. The fourth-order valence-electron chi connectivity index (χ4n) is 1.80. The molecule has 4 nitrogen and oxygen atoms in total. The van der Waals surface area contributed by atoms with E-state index in [2.05, 4.69) is 10.7 Å². The zero-order chi connectivity index (χ0) is 14.2. The highest BCUT2D eigenvalue weighted by molar-refractivity contribution is 5.93. The molecule has 0 saturated carbocycles. The van der Waals surface area contributed by atoms with Crippen molar-refractivity contribution in [3.05, 3.63) is 77.7 Å². The van der Waals surface area contributed by atoms with Gasteiger partial charge in [0.25, 0.3) is 0 Å². The van der Waals surface area contributed by atoms with Gasteiger partial charge in [-0.2, -0.15) is 0 Å². The smallest absolute Gasteiger partial charge is 0.115 e. The first-order valence-corrected chi connectivity index (χ1v) is 6.11. The summed E-state index contributed by atoms with van der Waals surface area (Å²) < 4.78 is 0. The first-order chi connectivity index (χ1) is 9.81. The highest BCUT2D eigenvalue weighted by Crippen LogP contribution is 2.22. The molecule has 4 heteroatoms. The second-order valence-electron chi connectivity index (χ2n) is 4.07. The molecule has 100 valence electrons. The van der Waals surface area contributed by atoms with E-state index in [1.807, 2.05) is 48.5 Å². The van der Waals surface area contributed by atoms with E-state index in [-0.39, 0.29) is 0 Å². The van der Waals surface area contributed by atoms with E-state index < -0.39 is 0 Å². The van der Waals surface area contributed by atoms with Crippen LogP contribution < -0.4 is 5.43 Å². The Labute approximate surface area is 116 Å². The molecular weight excluding hydrogens is 252 g/mol. The number of benzene rings is 3. The van der Waals surface area contributed by atoms with Gasteiger partial charge in [-0.25, -0.2) is 5.43 Å². The molecule has 0 aliphatic heterocycles. The predicted octanol–water partition coefficient (Wildman–Crippen LogP) is 4.33. The second kappa shape index (κ2) is 6.89.